The van der Waals surface area contributed by atoms with E-state index < -0.39 is 0 Å². The van der Waals surface area contributed by atoms with E-state index in [9.17, 15) is 4.79 Å². The van der Waals surface area contributed by atoms with Gasteiger partial charge in [0.1, 0.15) is 0 Å². The van der Waals surface area contributed by atoms with Crippen LogP contribution in [0.5, 0.6) is 0 Å². The molecule has 1 fully saturated rings. The number of nitrogens with zero attached hydrogens (tertiary/aromatic N) is 1. The van der Waals surface area contributed by atoms with Crippen molar-refractivity contribution in [2.75, 3.05) is 26.2 Å². The van der Waals surface area contributed by atoms with Gasteiger partial charge >= 0.3 is 6.03 Å². The van der Waals surface area contributed by atoms with Gasteiger partial charge in [0.25, 0.3) is 0 Å². The van der Waals surface area contributed by atoms with E-state index in [0.29, 0.717) is 12.6 Å². The van der Waals surface area contributed by atoms with Gasteiger partial charge in [-0.05, 0) is 20.3 Å². The first-order chi connectivity index (χ1) is 6.24. The van der Waals surface area contributed by atoms with Gasteiger partial charge in [0.05, 0.1) is 0 Å². The fraction of sp³-hybridized carbons (Fsp3) is 0.889. The number of nitrogens with one attached hydrogen (secondary N) is 2. The highest BCUT2D eigenvalue weighted by atomic mass is 16.2. The summed E-state index contributed by atoms with van der Waals surface area (Å²) in [5, 5.41) is 6.17. The molecule has 0 aliphatic carbocycles. The van der Waals surface area contributed by atoms with Crippen molar-refractivity contribution in [1.29, 1.82) is 0 Å². The normalized spacial score (nSPS) is 23.8. The molecule has 1 atom stereocenters. The Bertz CT molecular complexity index is 172. The van der Waals surface area contributed by atoms with E-state index in [1.807, 2.05) is 11.8 Å². The zero-order chi connectivity index (χ0) is 9.68. The smallest absolute Gasteiger partial charge is 0.317 e. The maximum Gasteiger partial charge on any atom is 0.317 e. The van der Waals surface area contributed by atoms with Crippen molar-refractivity contribution in [2.24, 2.45) is 0 Å². The minimum absolute atomic E-state index is 0.0680. The van der Waals surface area contributed by atoms with Crippen LogP contribution in [0.4, 0.5) is 4.79 Å². The first kappa shape index (κ1) is 10.3. The Balaban J connectivity index is 2.37. The van der Waals surface area contributed by atoms with E-state index in [1.165, 1.54) is 0 Å². The van der Waals surface area contributed by atoms with E-state index in [1.54, 1.807) is 0 Å². The molecule has 4 nitrogen and oxygen atoms in total. The molecule has 0 saturated carbocycles. The van der Waals surface area contributed by atoms with Gasteiger partial charge in [-0.2, -0.15) is 0 Å². The van der Waals surface area contributed by atoms with Crippen molar-refractivity contribution in [3.05, 3.63) is 0 Å². The largest absolute Gasteiger partial charge is 0.338 e. The molecule has 2 amide bonds. The van der Waals surface area contributed by atoms with Crippen LogP contribution in [0.2, 0.25) is 0 Å². The summed E-state index contributed by atoms with van der Waals surface area (Å²) in [6.07, 6.45) is 1.04. The second-order valence-corrected chi connectivity index (χ2v) is 3.47. The van der Waals surface area contributed by atoms with E-state index >= 15 is 0 Å². The average molecular weight is 185 g/mol. The summed E-state index contributed by atoms with van der Waals surface area (Å²) in [4.78, 5) is 13.3. The van der Waals surface area contributed by atoms with Gasteiger partial charge in [-0.1, -0.05) is 0 Å². The predicted octanol–water partition coefficient (Wildman–Crippen LogP) is 0.400. The van der Waals surface area contributed by atoms with Gasteiger partial charge in [0, 0.05) is 32.2 Å². The van der Waals surface area contributed by atoms with Crippen LogP contribution in [0.1, 0.15) is 20.3 Å². The van der Waals surface area contributed by atoms with Crippen LogP contribution >= 0.6 is 0 Å². The molecule has 1 aliphatic rings. The van der Waals surface area contributed by atoms with Crippen LogP contribution in [0, 0.1) is 0 Å². The van der Waals surface area contributed by atoms with Crippen molar-refractivity contribution in [2.45, 2.75) is 26.3 Å². The second-order valence-electron chi connectivity index (χ2n) is 3.47. The maximum atomic E-state index is 11.4. The van der Waals surface area contributed by atoms with Crippen LogP contribution in [0.25, 0.3) is 0 Å². The van der Waals surface area contributed by atoms with Crippen LogP contribution in [-0.4, -0.2) is 43.2 Å². The SMILES string of the molecule is CCNC(=O)N1CCNC(C)CC1. The van der Waals surface area contributed by atoms with E-state index in [2.05, 4.69) is 17.6 Å². The summed E-state index contributed by atoms with van der Waals surface area (Å²) >= 11 is 0. The van der Waals surface area contributed by atoms with Crippen LogP contribution in [0.3, 0.4) is 0 Å². The zero-order valence-corrected chi connectivity index (χ0v) is 8.47. The Morgan fingerprint density at radius 3 is 3.08 bits per heavy atom. The van der Waals surface area contributed by atoms with E-state index in [-0.39, 0.29) is 6.03 Å². The Hall–Kier alpha value is -0.770. The first-order valence-electron chi connectivity index (χ1n) is 5.00. The molecule has 1 heterocycles. The standard InChI is InChI=1S/C9H19N3O/c1-3-10-9(13)12-6-4-8(2)11-5-7-12/h8,11H,3-7H2,1-2H3,(H,10,13). The van der Waals surface area contributed by atoms with Crippen molar-refractivity contribution in [1.82, 2.24) is 15.5 Å². The highest BCUT2D eigenvalue weighted by Crippen LogP contribution is 2.00. The summed E-state index contributed by atoms with van der Waals surface area (Å²) < 4.78 is 0. The molecule has 0 radical (unpaired) electrons. The van der Waals surface area contributed by atoms with Gasteiger partial charge < -0.3 is 15.5 Å². The Labute approximate surface area is 79.7 Å². The number of amides is 2. The number of hydrogen-bond donors (Lipinski definition) is 2. The average Bonchev–Trinajstić information content (AvgIpc) is 2.30. The molecule has 13 heavy (non-hydrogen) atoms. The third kappa shape index (κ3) is 3.22. The quantitative estimate of drug-likeness (QED) is 0.621. The lowest BCUT2D eigenvalue weighted by Gasteiger charge is -2.19. The molecule has 1 rings (SSSR count). The zero-order valence-electron chi connectivity index (χ0n) is 8.47. The number of carbonyl (C=O) groups is 1. The molecule has 0 aromatic carbocycles. The van der Waals surface area contributed by atoms with Gasteiger partial charge in [-0.25, -0.2) is 4.79 Å². The highest BCUT2D eigenvalue weighted by Gasteiger charge is 2.16. The maximum absolute atomic E-state index is 11.4. The van der Waals surface area contributed by atoms with Gasteiger partial charge in [0.15, 0.2) is 0 Å². The van der Waals surface area contributed by atoms with E-state index in [0.717, 1.165) is 26.1 Å². The molecule has 0 bridgehead atoms. The molecule has 2 N–H and O–H groups in total. The third-order valence-electron chi connectivity index (χ3n) is 2.32. The molecule has 1 unspecified atom stereocenters. The molecule has 0 aromatic heterocycles. The molecule has 4 heteroatoms. The summed E-state index contributed by atoms with van der Waals surface area (Å²) in [5.74, 6) is 0. The topological polar surface area (TPSA) is 44.4 Å². The summed E-state index contributed by atoms with van der Waals surface area (Å²) in [5.41, 5.74) is 0. The molecule has 0 spiro atoms. The molecule has 1 aliphatic heterocycles. The first-order valence-corrected chi connectivity index (χ1v) is 5.00. The highest BCUT2D eigenvalue weighted by molar-refractivity contribution is 5.74. The molecule has 1 saturated heterocycles. The molecule has 76 valence electrons. The summed E-state index contributed by atoms with van der Waals surface area (Å²) in [6.45, 7) is 7.38. The van der Waals surface area contributed by atoms with Gasteiger partial charge in [-0.3, -0.25) is 0 Å². The number of urea groups is 1. The minimum Gasteiger partial charge on any atom is -0.338 e. The van der Waals surface area contributed by atoms with Crippen molar-refractivity contribution in [3.8, 4) is 0 Å². The molecular weight excluding hydrogens is 166 g/mol. The lowest BCUT2D eigenvalue weighted by molar-refractivity contribution is 0.201. The van der Waals surface area contributed by atoms with Crippen molar-refractivity contribution >= 4 is 6.03 Å². The summed E-state index contributed by atoms with van der Waals surface area (Å²) in [6, 6.07) is 0.595. The van der Waals surface area contributed by atoms with E-state index in [4.69, 9.17) is 0 Å². The number of rotatable bonds is 1. The van der Waals surface area contributed by atoms with Crippen LogP contribution in [-0.2, 0) is 0 Å². The fourth-order valence-electron chi connectivity index (χ4n) is 1.48. The minimum atomic E-state index is 0.0680. The van der Waals surface area contributed by atoms with Crippen molar-refractivity contribution < 1.29 is 4.79 Å². The Morgan fingerprint density at radius 2 is 2.38 bits per heavy atom. The Kier molecular flexibility index (Phi) is 4.02. The Morgan fingerprint density at radius 1 is 1.62 bits per heavy atom. The molecular formula is C9H19N3O. The lowest BCUT2D eigenvalue weighted by Crippen LogP contribution is -2.41. The van der Waals surface area contributed by atoms with Crippen LogP contribution in [0.15, 0.2) is 0 Å². The number of carbonyl (C=O) groups excluding carboxylic acids is 1. The van der Waals surface area contributed by atoms with Crippen molar-refractivity contribution in [3.63, 3.8) is 0 Å². The number of hydrogen-bond acceptors (Lipinski definition) is 2. The second kappa shape index (κ2) is 5.07. The van der Waals surface area contributed by atoms with Gasteiger partial charge in [-0.15, -0.1) is 0 Å². The van der Waals surface area contributed by atoms with Gasteiger partial charge in [0.2, 0.25) is 0 Å². The molecule has 0 aromatic rings. The monoisotopic (exact) mass is 185 g/mol. The predicted molar refractivity (Wildman–Crippen MR) is 52.7 cm³/mol. The lowest BCUT2D eigenvalue weighted by atomic mass is 10.2. The summed E-state index contributed by atoms with van der Waals surface area (Å²) in [7, 11) is 0. The van der Waals surface area contributed by atoms with Crippen LogP contribution < -0.4 is 10.6 Å². The third-order valence-corrected chi connectivity index (χ3v) is 2.32. The fourth-order valence-corrected chi connectivity index (χ4v) is 1.48.